The normalized spacial score (nSPS) is 15.7. The molecular formula is C18H15KN2O2S. The van der Waals surface area contributed by atoms with Crippen LogP contribution in [0.5, 0.6) is 0 Å². The SMILES string of the molecule is N#Cc1ccc(-c2cnccc2C(S)C2(CC(=O)[O-])CC2)cc1.[K+]. The summed E-state index contributed by atoms with van der Waals surface area (Å²) in [6, 6.07) is 11.2. The minimum atomic E-state index is -1.03. The Kier molecular flexibility index (Phi) is 6.65. The molecule has 6 heteroatoms. The Balaban J connectivity index is 0.00000208. The number of pyridine rings is 1. The molecule has 1 saturated carbocycles. The molecule has 1 heterocycles. The molecular weight excluding hydrogens is 347 g/mol. The Morgan fingerprint density at radius 3 is 2.54 bits per heavy atom. The smallest absolute Gasteiger partial charge is 0.550 e. The van der Waals surface area contributed by atoms with E-state index in [0.717, 1.165) is 29.5 Å². The molecule has 1 aliphatic carbocycles. The van der Waals surface area contributed by atoms with E-state index in [1.54, 1.807) is 24.5 Å². The number of benzene rings is 1. The van der Waals surface area contributed by atoms with Gasteiger partial charge < -0.3 is 9.90 Å². The number of aliphatic carboxylic acids is 1. The van der Waals surface area contributed by atoms with E-state index in [0.29, 0.717) is 5.56 Å². The van der Waals surface area contributed by atoms with Crippen molar-refractivity contribution in [3.63, 3.8) is 0 Å². The van der Waals surface area contributed by atoms with Gasteiger partial charge in [-0.15, -0.1) is 0 Å². The van der Waals surface area contributed by atoms with E-state index in [1.807, 2.05) is 18.2 Å². The van der Waals surface area contributed by atoms with Crippen LogP contribution in [0.4, 0.5) is 0 Å². The first kappa shape index (κ1) is 19.6. The van der Waals surface area contributed by atoms with Crippen LogP contribution in [0.25, 0.3) is 11.1 Å². The molecule has 1 fully saturated rings. The summed E-state index contributed by atoms with van der Waals surface area (Å²) in [4.78, 5) is 15.2. The average Bonchev–Trinajstić information content (AvgIpc) is 3.34. The van der Waals surface area contributed by atoms with Gasteiger partial charge in [0.2, 0.25) is 0 Å². The monoisotopic (exact) mass is 362 g/mol. The molecule has 1 unspecified atom stereocenters. The zero-order valence-corrected chi connectivity index (χ0v) is 17.4. The molecule has 0 bridgehead atoms. The van der Waals surface area contributed by atoms with Gasteiger partial charge in [-0.1, -0.05) is 12.1 Å². The summed E-state index contributed by atoms with van der Waals surface area (Å²) in [5.74, 6) is -1.03. The molecule has 1 aromatic heterocycles. The third-order valence-corrected chi connectivity index (χ3v) is 5.27. The summed E-state index contributed by atoms with van der Waals surface area (Å²) in [5.41, 5.74) is 3.09. The zero-order valence-electron chi connectivity index (χ0n) is 13.4. The molecule has 24 heavy (non-hydrogen) atoms. The summed E-state index contributed by atoms with van der Waals surface area (Å²) in [5, 5.41) is 19.7. The van der Waals surface area contributed by atoms with Gasteiger partial charge in [-0.25, -0.2) is 0 Å². The zero-order chi connectivity index (χ0) is 16.4. The number of hydrogen-bond donors (Lipinski definition) is 1. The van der Waals surface area contributed by atoms with Crippen molar-refractivity contribution in [1.29, 1.82) is 5.26 Å². The number of hydrogen-bond acceptors (Lipinski definition) is 5. The Morgan fingerprint density at radius 2 is 2.00 bits per heavy atom. The first-order valence-electron chi connectivity index (χ1n) is 7.38. The van der Waals surface area contributed by atoms with E-state index in [4.69, 9.17) is 17.9 Å². The molecule has 0 saturated heterocycles. The summed E-state index contributed by atoms with van der Waals surface area (Å²) in [6.07, 6.45) is 5.15. The maximum Gasteiger partial charge on any atom is 1.00 e. The van der Waals surface area contributed by atoms with Crippen LogP contribution in [0.15, 0.2) is 42.7 Å². The Bertz CT molecular complexity index is 782. The molecule has 0 radical (unpaired) electrons. The maximum absolute atomic E-state index is 11.0. The summed E-state index contributed by atoms with van der Waals surface area (Å²) in [6.45, 7) is 0. The predicted octanol–water partition coefficient (Wildman–Crippen LogP) is -0.485. The second kappa shape index (κ2) is 8.13. The first-order chi connectivity index (χ1) is 11.1. The van der Waals surface area contributed by atoms with Crippen molar-refractivity contribution in [3.05, 3.63) is 53.9 Å². The number of carboxylic acids is 1. The van der Waals surface area contributed by atoms with E-state index < -0.39 is 5.97 Å². The topological polar surface area (TPSA) is 76.8 Å². The van der Waals surface area contributed by atoms with Crippen molar-refractivity contribution in [2.24, 2.45) is 5.41 Å². The molecule has 0 spiro atoms. The van der Waals surface area contributed by atoms with Crippen LogP contribution in [-0.2, 0) is 4.79 Å². The minimum Gasteiger partial charge on any atom is -0.550 e. The molecule has 1 aromatic carbocycles. The van der Waals surface area contributed by atoms with Crippen molar-refractivity contribution < 1.29 is 61.3 Å². The summed E-state index contributed by atoms with van der Waals surface area (Å²) < 4.78 is 0. The number of carbonyl (C=O) groups excluding carboxylic acids is 1. The molecule has 1 aliphatic rings. The van der Waals surface area contributed by atoms with E-state index >= 15 is 0 Å². The van der Waals surface area contributed by atoms with Crippen LogP contribution in [0, 0.1) is 16.7 Å². The van der Waals surface area contributed by atoms with E-state index in [9.17, 15) is 9.90 Å². The molecule has 2 aromatic rings. The van der Waals surface area contributed by atoms with Gasteiger partial charge in [0, 0.05) is 29.2 Å². The van der Waals surface area contributed by atoms with Crippen LogP contribution in [-0.4, -0.2) is 11.0 Å². The molecule has 1 atom stereocenters. The fourth-order valence-corrected chi connectivity index (χ4v) is 3.51. The standard InChI is InChI=1S/C18H16N2O2S.K/c19-10-12-1-3-13(4-2-12)15-11-20-8-5-14(15)17(23)18(6-7-18)9-16(21)22;/h1-5,8,11,17,23H,6-7,9H2,(H,21,22);/q;+1/p-1. The molecule has 3 rings (SSSR count). The van der Waals surface area contributed by atoms with Gasteiger partial charge in [0.15, 0.2) is 0 Å². The second-order valence-corrected chi connectivity index (χ2v) is 6.48. The predicted molar refractivity (Wildman–Crippen MR) is 87.4 cm³/mol. The average molecular weight is 362 g/mol. The van der Waals surface area contributed by atoms with Crippen molar-refractivity contribution in [2.45, 2.75) is 24.5 Å². The van der Waals surface area contributed by atoms with Crippen molar-refractivity contribution in [3.8, 4) is 17.2 Å². The number of thiol groups is 1. The van der Waals surface area contributed by atoms with Crippen LogP contribution in [0.1, 0.15) is 35.6 Å². The molecule has 0 N–H and O–H groups in total. The van der Waals surface area contributed by atoms with Gasteiger partial charge in [0.05, 0.1) is 11.6 Å². The number of nitriles is 1. The quantitative estimate of drug-likeness (QED) is 0.576. The Hall–Kier alpha value is -0.684. The largest absolute Gasteiger partial charge is 1.00 e. The number of rotatable bonds is 5. The van der Waals surface area contributed by atoms with Crippen LogP contribution in [0.2, 0.25) is 0 Å². The third-order valence-electron chi connectivity index (χ3n) is 4.44. The summed E-state index contributed by atoms with van der Waals surface area (Å²) in [7, 11) is 0. The third kappa shape index (κ3) is 4.10. The van der Waals surface area contributed by atoms with Gasteiger partial charge in [0.25, 0.3) is 0 Å². The van der Waals surface area contributed by atoms with E-state index in [1.165, 1.54) is 0 Å². The van der Waals surface area contributed by atoms with E-state index in [-0.39, 0.29) is 68.5 Å². The Morgan fingerprint density at radius 1 is 1.33 bits per heavy atom. The van der Waals surface area contributed by atoms with Gasteiger partial charge in [-0.2, -0.15) is 17.9 Å². The van der Waals surface area contributed by atoms with Gasteiger partial charge in [0.1, 0.15) is 0 Å². The van der Waals surface area contributed by atoms with Crippen LogP contribution in [0.3, 0.4) is 0 Å². The molecule has 4 nitrogen and oxygen atoms in total. The van der Waals surface area contributed by atoms with E-state index in [2.05, 4.69) is 11.1 Å². The number of carbonyl (C=O) groups is 1. The van der Waals surface area contributed by atoms with Crippen molar-refractivity contribution in [1.82, 2.24) is 4.98 Å². The van der Waals surface area contributed by atoms with Gasteiger partial charge >= 0.3 is 51.4 Å². The van der Waals surface area contributed by atoms with Gasteiger partial charge in [-0.3, -0.25) is 4.98 Å². The van der Waals surface area contributed by atoms with Crippen LogP contribution < -0.4 is 56.5 Å². The fourth-order valence-electron chi connectivity index (χ4n) is 2.93. The van der Waals surface area contributed by atoms with Crippen molar-refractivity contribution in [2.75, 3.05) is 0 Å². The first-order valence-corrected chi connectivity index (χ1v) is 7.90. The molecule has 116 valence electrons. The number of carboxylic acid groups (broad SMARTS) is 1. The number of aromatic nitrogens is 1. The minimum absolute atomic E-state index is 0. The maximum atomic E-state index is 11.0. The molecule has 0 amide bonds. The molecule has 0 aliphatic heterocycles. The second-order valence-electron chi connectivity index (χ2n) is 5.97. The Labute approximate surface area is 189 Å². The number of nitrogens with zero attached hydrogens (tertiary/aromatic N) is 2. The van der Waals surface area contributed by atoms with Crippen molar-refractivity contribution >= 4 is 18.6 Å². The summed E-state index contributed by atoms with van der Waals surface area (Å²) >= 11 is 4.72. The fraction of sp³-hybridized carbons (Fsp3) is 0.278. The van der Waals surface area contributed by atoms with Gasteiger partial charge in [-0.05, 0) is 54.0 Å². The van der Waals surface area contributed by atoms with Crippen LogP contribution >= 0.6 is 12.6 Å².